The number of carbonyl (C=O) groups is 2. The van der Waals surface area contributed by atoms with Crippen LogP contribution in [0.15, 0.2) is 83.4 Å². The normalized spacial score (nSPS) is 17.5. The van der Waals surface area contributed by atoms with Crippen LogP contribution in [0.3, 0.4) is 0 Å². The molecule has 1 heterocycles. The summed E-state index contributed by atoms with van der Waals surface area (Å²) in [6.07, 6.45) is 0.426. The van der Waals surface area contributed by atoms with Gasteiger partial charge in [0.15, 0.2) is 0 Å². The summed E-state index contributed by atoms with van der Waals surface area (Å²) in [4.78, 5) is 28.5. The summed E-state index contributed by atoms with van der Waals surface area (Å²) in [5, 5.41) is 13.4. The molecule has 36 heavy (non-hydrogen) atoms. The second-order valence-corrected chi connectivity index (χ2v) is 10.4. The van der Waals surface area contributed by atoms with Crippen LogP contribution in [-0.2, 0) is 16.0 Å². The maximum atomic E-state index is 13.7. The molecule has 1 aliphatic rings. The number of anilines is 1. The van der Waals surface area contributed by atoms with Gasteiger partial charge in [0, 0.05) is 10.7 Å². The minimum atomic E-state index is -0.513. The molecule has 182 valence electrons. The number of carbonyl (C=O) groups excluding carboxylic acids is 2. The van der Waals surface area contributed by atoms with Gasteiger partial charge in [-0.15, -0.1) is 0 Å². The molecule has 2 amide bonds. The molecule has 0 saturated carbocycles. The quantitative estimate of drug-likeness (QED) is 0.310. The summed E-state index contributed by atoms with van der Waals surface area (Å²) >= 11 is 7.40. The van der Waals surface area contributed by atoms with Gasteiger partial charge in [0.1, 0.15) is 16.7 Å². The highest BCUT2D eigenvalue weighted by Gasteiger charge is 2.41. The molecule has 5 nitrogen and oxygen atoms in total. The van der Waals surface area contributed by atoms with Gasteiger partial charge < -0.3 is 5.32 Å². The van der Waals surface area contributed by atoms with Crippen LogP contribution in [0.1, 0.15) is 35.2 Å². The molecule has 1 saturated heterocycles. The van der Waals surface area contributed by atoms with Crippen LogP contribution in [0.25, 0.3) is 0 Å². The van der Waals surface area contributed by atoms with E-state index in [4.69, 9.17) is 11.6 Å². The van der Waals surface area contributed by atoms with Crippen molar-refractivity contribution < 1.29 is 9.59 Å². The largest absolute Gasteiger partial charge is 0.345 e. The Labute approximate surface area is 220 Å². The zero-order valence-electron chi connectivity index (χ0n) is 20.3. The Bertz CT molecular complexity index is 1380. The van der Waals surface area contributed by atoms with Crippen molar-refractivity contribution >= 4 is 40.9 Å². The van der Waals surface area contributed by atoms with Crippen LogP contribution in [0.5, 0.6) is 0 Å². The third-order valence-corrected chi connectivity index (χ3v) is 7.71. The molecular formula is C29H26ClN3O2S. The lowest BCUT2D eigenvalue weighted by atomic mass is 10.1. The summed E-state index contributed by atoms with van der Waals surface area (Å²) in [6.45, 7) is 5.83. The number of hydrogen-bond donors (Lipinski definition) is 1. The molecule has 1 aliphatic heterocycles. The van der Waals surface area contributed by atoms with E-state index in [1.807, 2.05) is 87.5 Å². The zero-order valence-corrected chi connectivity index (χ0v) is 21.9. The number of hydrogen-bond acceptors (Lipinski definition) is 4. The Morgan fingerprint density at radius 3 is 2.50 bits per heavy atom. The van der Waals surface area contributed by atoms with E-state index in [2.05, 4.69) is 11.4 Å². The maximum absolute atomic E-state index is 13.7. The number of amides is 2. The van der Waals surface area contributed by atoms with E-state index in [-0.39, 0.29) is 17.5 Å². The monoisotopic (exact) mass is 515 g/mol. The third kappa shape index (κ3) is 5.48. The van der Waals surface area contributed by atoms with Gasteiger partial charge in [-0.1, -0.05) is 71.9 Å². The van der Waals surface area contributed by atoms with Gasteiger partial charge >= 0.3 is 0 Å². The predicted molar refractivity (Wildman–Crippen MR) is 146 cm³/mol. The standard InChI is InChI=1S/C29H26ClN3O2S/c1-18-12-13-24(14-19(18)2)33-28(35)26(16-21-8-7-11-23(30)15-21)36-29(33)25(17-31)27(34)32-20(3)22-9-5-4-6-10-22/h4-15,20,26H,16H2,1-3H3,(H,32,34)/b29-25-. The average Bonchev–Trinajstić information content (AvgIpc) is 3.17. The lowest BCUT2D eigenvalue weighted by Gasteiger charge is -2.20. The van der Waals surface area contributed by atoms with Crippen molar-refractivity contribution in [2.75, 3.05) is 4.90 Å². The van der Waals surface area contributed by atoms with Crippen molar-refractivity contribution in [3.8, 4) is 6.07 Å². The maximum Gasteiger partial charge on any atom is 0.265 e. The van der Waals surface area contributed by atoms with Crippen molar-refractivity contribution in [3.05, 3.63) is 111 Å². The van der Waals surface area contributed by atoms with Crippen molar-refractivity contribution in [1.82, 2.24) is 5.32 Å². The topological polar surface area (TPSA) is 73.2 Å². The Morgan fingerprint density at radius 1 is 1.08 bits per heavy atom. The second-order valence-electron chi connectivity index (χ2n) is 8.78. The van der Waals surface area contributed by atoms with Crippen LogP contribution in [0.4, 0.5) is 5.69 Å². The van der Waals surface area contributed by atoms with Gasteiger partial charge in [0.2, 0.25) is 5.91 Å². The highest BCUT2D eigenvalue weighted by atomic mass is 35.5. The van der Waals surface area contributed by atoms with Crippen LogP contribution >= 0.6 is 23.4 Å². The van der Waals surface area contributed by atoms with Gasteiger partial charge in [0.25, 0.3) is 5.91 Å². The molecule has 0 aromatic heterocycles. The predicted octanol–water partition coefficient (Wildman–Crippen LogP) is 6.26. The molecule has 1 fully saturated rings. The number of aryl methyl sites for hydroxylation is 2. The van der Waals surface area contributed by atoms with Gasteiger partial charge in [-0.05, 0) is 73.7 Å². The fraction of sp³-hybridized carbons (Fsp3) is 0.207. The molecule has 7 heteroatoms. The summed E-state index contributed by atoms with van der Waals surface area (Å²) < 4.78 is 0. The minimum absolute atomic E-state index is 0.0806. The van der Waals surface area contributed by atoms with Crippen molar-refractivity contribution in [2.24, 2.45) is 0 Å². The second kappa shape index (κ2) is 11.0. The Balaban J connectivity index is 1.72. The number of benzene rings is 3. The van der Waals surface area contributed by atoms with Gasteiger partial charge in [-0.3, -0.25) is 14.5 Å². The number of nitrogens with one attached hydrogen (secondary N) is 1. The first-order chi connectivity index (χ1) is 17.3. The number of halogens is 1. The molecule has 0 aliphatic carbocycles. The molecule has 0 bridgehead atoms. The summed E-state index contributed by atoms with van der Waals surface area (Å²) in [7, 11) is 0. The minimum Gasteiger partial charge on any atom is -0.345 e. The number of rotatable bonds is 6. The van der Waals surface area contributed by atoms with E-state index in [0.29, 0.717) is 22.2 Å². The molecular weight excluding hydrogens is 490 g/mol. The third-order valence-electron chi connectivity index (χ3n) is 6.21. The van der Waals surface area contributed by atoms with E-state index in [1.165, 1.54) is 16.7 Å². The van der Waals surface area contributed by atoms with E-state index in [9.17, 15) is 14.9 Å². The van der Waals surface area contributed by atoms with E-state index in [1.54, 1.807) is 6.07 Å². The first-order valence-electron chi connectivity index (χ1n) is 11.6. The molecule has 3 aromatic rings. The summed E-state index contributed by atoms with van der Waals surface area (Å²) in [5.74, 6) is -0.684. The number of nitriles is 1. The highest BCUT2D eigenvalue weighted by Crippen LogP contribution is 2.42. The SMILES string of the molecule is Cc1ccc(N2C(=O)C(Cc3cccc(Cl)c3)S/C2=C(/C#N)C(=O)NC(C)c2ccccc2)cc1C. The molecule has 1 N–H and O–H groups in total. The van der Waals surface area contributed by atoms with Crippen LogP contribution < -0.4 is 10.2 Å². The van der Waals surface area contributed by atoms with Gasteiger partial charge in [-0.2, -0.15) is 5.26 Å². The summed E-state index contributed by atoms with van der Waals surface area (Å²) in [6, 6.07) is 24.4. The molecule has 4 rings (SSSR count). The molecule has 0 spiro atoms. The van der Waals surface area contributed by atoms with E-state index in [0.717, 1.165) is 22.3 Å². The smallest absolute Gasteiger partial charge is 0.265 e. The van der Waals surface area contributed by atoms with Crippen LogP contribution in [0.2, 0.25) is 5.02 Å². The first kappa shape index (κ1) is 25.6. The summed E-state index contributed by atoms with van der Waals surface area (Å²) in [5.41, 5.74) is 4.50. The van der Waals surface area contributed by atoms with Crippen molar-refractivity contribution in [1.29, 1.82) is 5.26 Å². The Morgan fingerprint density at radius 2 is 1.83 bits per heavy atom. The Hall–Kier alpha value is -3.53. The fourth-order valence-corrected chi connectivity index (χ4v) is 5.58. The highest BCUT2D eigenvalue weighted by molar-refractivity contribution is 8.05. The van der Waals surface area contributed by atoms with Crippen LogP contribution in [-0.4, -0.2) is 17.1 Å². The van der Waals surface area contributed by atoms with Crippen LogP contribution in [0, 0.1) is 25.2 Å². The number of nitrogens with zero attached hydrogens (tertiary/aromatic N) is 2. The number of thioether (sulfide) groups is 1. The average molecular weight is 516 g/mol. The lowest BCUT2D eigenvalue weighted by Crippen LogP contribution is -2.33. The Kier molecular flexibility index (Phi) is 7.83. The first-order valence-corrected chi connectivity index (χ1v) is 12.9. The van der Waals surface area contributed by atoms with Crippen molar-refractivity contribution in [3.63, 3.8) is 0 Å². The lowest BCUT2D eigenvalue weighted by molar-refractivity contribution is -0.117. The fourth-order valence-electron chi connectivity index (χ4n) is 4.06. The molecule has 2 atom stereocenters. The van der Waals surface area contributed by atoms with Gasteiger partial charge in [0.05, 0.1) is 11.3 Å². The van der Waals surface area contributed by atoms with Gasteiger partial charge in [-0.25, -0.2) is 0 Å². The van der Waals surface area contributed by atoms with Crippen molar-refractivity contribution in [2.45, 2.75) is 38.5 Å². The zero-order chi connectivity index (χ0) is 25.8. The molecule has 3 aromatic carbocycles. The van der Waals surface area contributed by atoms with E-state index >= 15 is 0 Å². The van der Waals surface area contributed by atoms with E-state index < -0.39 is 11.2 Å². The molecule has 0 radical (unpaired) electrons. The molecule has 2 unspecified atom stereocenters.